The van der Waals surface area contributed by atoms with Gasteiger partial charge in [0, 0.05) is 6.61 Å². The minimum atomic E-state index is -4.08. The minimum Gasteiger partial charge on any atom is -0.418 e. The van der Waals surface area contributed by atoms with Crippen molar-refractivity contribution in [2.24, 2.45) is 0 Å². The standard InChI is InChI=1S/C11H16O4SSi/c12-16(13,14)11(10-6-2-1-3-7-10)17-9-5-4-8-15-17/h1-3,6-7,11,17H,4-5,8-9H2,(H,12,13,14). The Bertz CT molecular complexity index is 454. The summed E-state index contributed by atoms with van der Waals surface area (Å²) in [6, 6.07) is 9.68. The molecule has 94 valence electrons. The Labute approximate surface area is 103 Å². The van der Waals surface area contributed by atoms with Crippen molar-refractivity contribution < 1.29 is 17.4 Å². The van der Waals surface area contributed by atoms with Crippen molar-refractivity contribution in [1.29, 1.82) is 0 Å². The van der Waals surface area contributed by atoms with Crippen LogP contribution in [0.25, 0.3) is 0 Å². The first-order valence-corrected chi connectivity index (χ1v) is 9.17. The fraction of sp³-hybridized carbons (Fsp3) is 0.455. The summed E-state index contributed by atoms with van der Waals surface area (Å²) in [6.07, 6.45) is 1.98. The molecule has 1 N–H and O–H groups in total. The van der Waals surface area contributed by atoms with Gasteiger partial charge < -0.3 is 4.43 Å². The summed E-state index contributed by atoms with van der Waals surface area (Å²) in [5.74, 6) is 0. The van der Waals surface area contributed by atoms with E-state index in [-0.39, 0.29) is 0 Å². The lowest BCUT2D eigenvalue weighted by atomic mass is 10.2. The van der Waals surface area contributed by atoms with Crippen LogP contribution in [0, 0.1) is 0 Å². The Morgan fingerprint density at radius 2 is 1.94 bits per heavy atom. The van der Waals surface area contributed by atoms with Crippen LogP contribution < -0.4 is 0 Å². The van der Waals surface area contributed by atoms with E-state index < -0.39 is 24.0 Å². The molecule has 17 heavy (non-hydrogen) atoms. The van der Waals surface area contributed by atoms with Gasteiger partial charge >= 0.3 is 0 Å². The summed E-state index contributed by atoms with van der Waals surface area (Å²) in [6.45, 7) is 0.621. The molecule has 1 heterocycles. The lowest BCUT2D eigenvalue weighted by molar-refractivity contribution is 0.283. The number of rotatable bonds is 3. The molecule has 1 saturated heterocycles. The first kappa shape index (κ1) is 12.8. The fourth-order valence-electron chi connectivity index (χ4n) is 2.23. The van der Waals surface area contributed by atoms with E-state index in [2.05, 4.69) is 0 Å². The van der Waals surface area contributed by atoms with Gasteiger partial charge in [-0.25, -0.2) is 0 Å². The SMILES string of the molecule is O=S(=O)(O)C(c1ccccc1)[SiH]1CCCCO1. The molecule has 2 atom stereocenters. The summed E-state index contributed by atoms with van der Waals surface area (Å²) in [5.41, 5.74) is 0.647. The van der Waals surface area contributed by atoms with E-state index in [9.17, 15) is 13.0 Å². The van der Waals surface area contributed by atoms with Gasteiger partial charge in [-0.1, -0.05) is 36.8 Å². The predicted molar refractivity (Wildman–Crippen MR) is 67.9 cm³/mol. The van der Waals surface area contributed by atoms with Crippen LogP contribution >= 0.6 is 0 Å². The summed E-state index contributed by atoms with van der Waals surface area (Å²) < 4.78 is 38.1. The molecular weight excluding hydrogens is 256 g/mol. The Kier molecular flexibility index (Phi) is 3.98. The number of benzene rings is 1. The fourth-order valence-corrected chi connectivity index (χ4v) is 7.36. The van der Waals surface area contributed by atoms with Crippen molar-refractivity contribution >= 4 is 19.2 Å². The van der Waals surface area contributed by atoms with E-state index in [4.69, 9.17) is 4.43 Å². The highest BCUT2D eigenvalue weighted by Gasteiger charge is 2.37. The first-order valence-electron chi connectivity index (χ1n) is 5.72. The van der Waals surface area contributed by atoms with E-state index in [1.165, 1.54) is 0 Å². The van der Waals surface area contributed by atoms with Crippen molar-refractivity contribution in [2.45, 2.75) is 23.8 Å². The highest BCUT2D eigenvalue weighted by Crippen LogP contribution is 2.30. The lowest BCUT2D eigenvalue weighted by Crippen LogP contribution is -2.35. The van der Waals surface area contributed by atoms with Gasteiger partial charge in [-0.15, -0.1) is 0 Å². The van der Waals surface area contributed by atoms with Crippen LogP contribution in [0.3, 0.4) is 0 Å². The molecule has 2 rings (SSSR count). The third-order valence-electron chi connectivity index (χ3n) is 3.00. The van der Waals surface area contributed by atoms with Crippen molar-refractivity contribution in [3.8, 4) is 0 Å². The van der Waals surface area contributed by atoms with E-state index in [1.807, 2.05) is 6.07 Å². The molecule has 1 aromatic carbocycles. The Hall–Kier alpha value is -0.693. The molecule has 1 aliphatic rings. The zero-order valence-corrected chi connectivity index (χ0v) is 11.4. The molecule has 0 aliphatic carbocycles. The summed E-state index contributed by atoms with van der Waals surface area (Å²) in [4.78, 5) is -0.830. The average molecular weight is 272 g/mol. The predicted octanol–water partition coefficient (Wildman–Crippen LogP) is 1.69. The molecule has 0 radical (unpaired) electrons. The third-order valence-corrected chi connectivity index (χ3v) is 8.56. The number of hydrogen-bond acceptors (Lipinski definition) is 3. The average Bonchev–Trinajstić information content (AvgIpc) is 2.30. The quantitative estimate of drug-likeness (QED) is 0.672. The summed E-state index contributed by atoms with van der Waals surface area (Å²) in [7, 11) is -6.01. The molecule has 1 aromatic rings. The van der Waals surface area contributed by atoms with E-state index >= 15 is 0 Å². The zero-order chi connectivity index (χ0) is 12.3. The smallest absolute Gasteiger partial charge is 0.271 e. The number of hydrogen-bond donors (Lipinski definition) is 1. The van der Waals surface area contributed by atoms with Gasteiger partial charge in [-0.2, -0.15) is 8.42 Å². The molecule has 6 heteroatoms. The van der Waals surface area contributed by atoms with Crippen LogP contribution in [-0.4, -0.2) is 28.6 Å². The van der Waals surface area contributed by atoms with Gasteiger partial charge in [0.25, 0.3) is 10.1 Å². The second-order valence-electron chi connectivity index (χ2n) is 4.25. The summed E-state index contributed by atoms with van der Waals surface area (Å²) in [5, 5.41) is 0. The molecule has 4 nitrogen and oxygen atoms in total. The van der Waals surface area contributed by atoms with Crippen LogP contribution in [0.1, 0.15) is 23.3 Å². The lowest BCUT2D eigenvalue weighted by Gasteiger charge is -2.27. The van der Waals surface area contributed by atoms with Crippen molar-refractivity contribution in [3.05, 3.63) is 35.9 Å². The van der Waals surface area contributed by atoms with E-state index in [0.29, 0.717) is 12.2 Å². The molecule has 1 aliphatic heterocycles. The molecule has 2 unspecified atom stereocenters. The molecule has 0 spiro atoms. The molecule has 0 amide bonds. The maximum atomic E-state index is 11.5. The maximum Gasteiger partial charge on any atom is 0.271 e. The van der Waals surface area contributed by atoms with Gasteiger partial charge in [0.15, 0.2) is 0 Å². The van der Waals surface area contributed by atoms with Gasteiger partial charge in [-0.3, -0.25) is 4.55 Å². The van der Waals surface area contributed by atoms with Crippen LogP contribution in [-0.2, 0) is 14.5 Å². The van der Waals surface area contributed by atoms with Crippen LogP contribution in [0.2, 0.25) is 6.04 Å². The topological polar surface area (TPSA) is 63.6 Å². The van der Waals surface area contributed by atoms with Crippen LogP contribution in [0.5, 0.6) is 0 Å². The molecule has 0 bridgehead atoms. The van der Waals surface area contributed by atoms with E-state index in [1.54, 1.807) is 24.3 Å². The van der Waals surface area contributed by atoms with Crippen LogP contribution in [0.15, 0.2) is 30.3 Å². The molecule has 1 fully saturated rings. The Morgan fingerprint density at radius 3 is 2.47 bits per heavy atom. The zero-order valence-electron chi connectivity index (χ0n) is 9.45. The van der Waals surface area contributed by atoms with E-state index in [0.717, 1.165) is 18.9 Å². The van der Waals surface area contributed by atoms with Gasteiger partial charge in [0.05, 0.1) is 0 Å². The van der Waals surface area contributed by atoms with Gasteiger partial charge in [-0.05, 0) is 18.0 Å². The Morgan fingerprint density at radius 1 is 1.24 bits per heavy atom. The second kappa shape index (κ2) is 5.30. The highest BCUT2D eigenvalue weighted by atomic mass is 32.2. The second-order valence-corrected chi connectivity index (χ2v) is 8.93. The third kappa shape index (κ3) is 3.16. The first-order chi connectivity index (χ1) is 8.09. The molecular formula is C11H16O4SSi. The summed E-state index contributed by atoms with van der Waals surface area (Å²) >= 11 is 0. The van der Waals surface area contributed by atoms with Crippen molar-refractivity contribution in [1.82, 2.24) is 0 Å². The largest absolute Gasteiger partial charge is 0.418 e. The molecule has 0 saturated carbocycles. The Balaban J connectivity index is 2.32. The van der Waals surface area contributed by atoms with Crippen LogP contribution in [0.4, 0.5) is 0 Å². The minimum absolute atomic E-state index is 0.621. The van der Waals surface area contributed by atoms with Crippen molar-refractivity contribution in [2.75, 3.05) is 6.61 Å². The monoisotopic (exact) mass is 272 g/mol. The van der Waals surface area contributed by atoms with Crippen molar-refractivity contribution in [3.63, 3.8) is 0 Å². The highest BCUT2D eigenvalue weighted by molar-refractivity contribution is 7.87. The van der Waals surface area contributed by atoms with Gasteiger partial charge in [0.1, 0.15) is 4.87 Å². The van der Waals surface area contributed by atoms with Gasteiger partial charge in [0.2, 0.25) is 9.04 Å². The normalized spacial score (nSPS) is 23.2. The molecule has 0 aromatic heterocycles. The maximum absolute atomic E-state index is 11.5.